The first-order valence-corrected chi connectivity index (χ1v) is 13.8. The number of carbonyl (C=O) groups excluding carboxylic acids is 2. The third kappa shape index (κ3) is 5.42. The number of rotatable bonds is 9. The molecular weight excluding hydrogens is 508 g/mol. The summed E-state index contributed by atoms with van der Waals surface area (Å²) >= 11 is 0. The van der Waals surface area contributed by atoms with Crippen molar-refractivity contribution < 1.29 is 22.7 Å². The lowest BCUT2D eigenvalue weighted by molar-refractivity contribution is 0.100. The van der Waals surface area contributed by atoms with E-state index in [1.165, 1.54) is 27.2 Å². The quantitative estimate of drug-likeness (QED) is 0.424. The summed E-state index contributed by atoms with van der Waals surface area (Å²) in [5.74, 6) is -1.07. The van der Waals surface area contributed by atoms with E-state index in [9.17, 15) is 18.0 Å². The molecule has 4 rings (SSSR count). The van der Waals surface area contributed by atoms with Crippen molar-refractivity contribution in [2.45, 2.75) is 25.3 Å². The molecule has 3 N–H and O–H groups in total. The Morgan fingerprint density at radius 3 is 2.34 bits per heavy atom. The predicted octanol–water partition coefficient (Wildman–Crippen LogP) is 2.26. The molecule has 12 heteroatoms. The number of amides is 2. The van der Waals surface area contributed by atoms with E-state index in [2.05, 4.69) is 15.3 Å². The maximum Gasteiger partial charge on any atom is 0.260 e. The molecule has 1 aromatic heterocycles. The molecule has 38 heavy (non-hydrogen) atoms. The van der Waals surface area contributed by atoms with Gasteiger partial charge in [0.2, 0.25) is 10.0 Å². The molecule has 0 saturated carbocycles. The first-order valence-electron chi connectivity index (χ1n) is 12.4. The van der Waals surface area contributed by atoms with Crippen molar-refractivity contribution >= 4 is 27.7 Å². The molecule has 1 aliphatic heterocycles. The van der Waals surface area contributed by atoms with Crippen LogP contribution in [0.4, 0.5) is 5.82 Å². The number of ether oxygens (including phenoxy) is 1. The lowest BCUT2D eigenvalue weighted by atomic mass is 10.1. The summed E-state index contributed by atoms with van der Waals surface area (Å²) in [5.41, 5.74) is 6.81. The van der Waals surface area contributed by atoms with E-state index in [4.69, 9.17) is 10.5 Å². The summed E-state index contributed by atoms with van der Waals surface area (Å²) in [4.78, 5) is 28.2. The molecular formula is C26H32N6O5S. The number of benzene rings is 2. The van der Waals surface area contributed by atoms with Gasteiger partial charge in [-0.05, 0) is 39.1 Å². The molecule has 3 aromatic rings. The first-order chi connectivity index (χ1) is 18.2. The number of hydrogen-bond donors (Lipinski definition) is 2. The van der Waals surface area contributed by atoms with E-state index in [-0.39, 0.29) is 34.2 Å². The predicted molar refractivity (Wildman–Crippen MR) is 144 cm³/mol. The number of aryl methyl sites for hydroxylation is 1. The molecule has 0 radical (unpaired) electrons. The standard InChI is InChI=1S/C26H32N6O5S/c1-4-32-25(22(24(27)33)23(29-32)18-9-7-6-8-10-18)28-26(34)20-17-19(11-12-21(20)37-5-2)38(35,36)31-15-13-30(3)14-16-31/h6-12,17H,4-5,13-16H2,1-3H3,(H2,27,33)(H,28,34). The second-order valence-electron chi connectivity index (χ2n) is 8.87. The van der Waals surface area contributed by atoms with Crippen LogP contribution in [-0.4, -0.2) is 79.1 Å². The summed E-state index contributed by atoms with van der Waals surface area (Å²) in [5, 5.41) is 7.26. The van der Waals surface area contributed by atoms with Crippen LogP contribution in [0.3, 0.4) is 0 Å². The highest BCUT2D eigenvalue weighted by molar-refractivity contribution is 7.89. The molecule has 0 bridgehead atoms. The van der Waals surface area contributed by atoms with Crippen LogP contribution in [-0.2, 0) is 16.6 Å². The Morgan fingerprint density at radius 1 is 1.05 bits per heavy atom. The van der Waals surface area contributed by atoms with Crippen molar-refractivity contribution in [3.8, 4) is 17.0 Å². The minimum Gasteiger partial charge on any atom is -0.493 e. The average Bonchev–Trinajstić information content (AvgIpc) is 3.28. The summed E-state index contributed by atoms with van der Waals surface area (Å²) < 4.78 is 35.2. The van der Waals surface area contributed by atoms with Crippen LogP contribution < -0.4 is 15.8 Å². The number of nitrogens with zero attached hydrogens (tertiary/aromatic N) is 4. The number of nitrogens with one attached hydrogen (secondary N) is 1. The van der Waals surface area contributed by atoms with Gasteiger partial charge in [0.1, 0.15) is 22.8 Å². The highest BCUT2D eigenvalue weighted by atomic mass is 32.2. The number of primary amides is 1. The summed E-state index contributed by atoms with van der Waals surface area (Å²) in [7, 11) is -1.89. The zero-order valence-corrected chi connectivity index (χ0v) is 22.5. The zero-order valence-electron chi connectivity index (χ0n) is 21.7. The number of nitrogens with two attached hydrogens (primary N) is 1. The smallest absolute Gasteiger partial charge is 0.260 e. The van der Waals surface area contributed by atoms with E-state index in [0.717, 1.165) is 0 Å². The third-order valence-corrected chi connectivity index (χ3v) is 8.27. The van der Waals surface area contributed by atoms with E-state index >= 15 is 0 Å². The fourth-order valence-corrected chi connectivity index (χ4v) is 5.78. The Bertz CT molecular complexity index is 1430. The van der Waals surface area contributed by atoms with Crippen molar-refractivity contribution in [2.24, 2.45) is 5.73 Å². The Balaban J connectivity index is 1.74. The van der Waals surface area contributed by atoms with Crippen LogP contribution in [0.2, 0.25) is 0 Å². The first kappa shape index (κ1) is 27.3. The van der Waals surface area contributed by atoms with E-state index in [1.54, 1.807) is 19.1 Å². The van der Waals surface area contributed by atoms with Crippen molar-refractivity contribution in [2.75, 3.05) is 45.2 Å². The second kappa shape index (κ2) is 11.3. The lowest BCUT2D eigenvalue weighted by Crippen LogP contribution is -2.47. The van der Waals surface area contributed by atoms with Gasteiger partial charge in [-0.2, -0.15) is 9.40 Å². The number of anilines is 1. The van der Waals surface area contributed by atoms with Gasteiger partial charge in [-0.3, -0.25) is 9.59 Å². The average molecular weight is 541 g/mol. The highest BCUT2D eigenvalue weighted by Crippen LogP contribution is 2.31. The third-order valence-electron chi connectivity index (χ3n) is 6.37. The summed E-state index contributed by atoms with van der Waals surface area (Å²) in [6.45, 7) is 6.13. The molecule has 11 nitrogen and oxygen atoms in total. The fourth-order valence-electron chi connectivity index (χ4n) is 4.33. The molecule has 1 aliphatic rings. The van der Waals surface area contributed by atoms with Crippen LogP contribution in [0.1, 0.15) is 34.6 Å². The molecule has 0 aliphatic carbocycles. The largest absolute Gasteiger partial charge is 0.493 e. The van der Waals surface area contributed by atoms with Gasteiger partial charge >= 0.3 is 0 Å². The molecule has 0 unspecified atom stereocenters. The second-order valence-corrected chi connectivity index (χ2v) is 10.8. The van der Waals surface area contributed by atoms with Gasteiger partial charge in [0.15, 0.2) is 0 Å². The van der Waals surface area contributed by atoms with Crippen LogP contribution in [0, 0.1) is 0 Å². The maximum absolute atomic E-state index is 13.6. The van der Waals surface area contributed by atoms with Crippen molar-refractivity contribution in [1.82, 2.24) is 19.0 Å². The SMILES string of the molecule is CCOc1ccc(S(=O)(=O)N2CCN(C)CC2)cc1C(=O)Nc1c(C(N)=O)c(-c2ccccc2)nn1CC. The van der Waals surface area contributed by atoms with Crippen molar-refractivity contribution in [3.63, 3.8) is 0 Å². The van der Waals surface area contributed by atoms with Gasteiger partial charge in [0.05, 0.1) is 17.1 Å². The molecule has 1 fully saturated rings. The number of sulfonamides is 1. The maximum atomic E-state index is 13.6. The summed E-state index contributed by atoms with van der Waals surface area (Å²) in [6.07, 6.45) is 0. The number of carbonyl (C=O) groups is 2. The Kier molecular flexibility index (Phi) is 8.14. The zero-order chi connectivity index (χ0) is 27.4. The van der Waals surface area contributed by atoms with Gasteiger partial charge in [-0.25, -0.2) is 13.1 Å². The van der Waals surface area contributed by atoms with Gasteiger partial charge in [-0.1, -0.05) is 30.3 Å². The van der Waals surface area contributed by atoms with Gasteiger partial charge < -0.3 is 20.7 Å². The minimum absolute atomic E-state index is 0.0141. The van der Waals surface area contributed by atoms with E-state index in [1.807, 2.05) is 32.2 Å². The van der Waals surface area contributed by atoms with Gasteiger partial charge in [0.25, 0.3) is 11.8 Å². The van der Waals surface area contributed by atoms with Crippen LogP contribution >= 0.6 is 0 Å². The molecule has 0 atom stereocenters. The molecule has 2 amide bonds. The van der Waals surface area contributed by atoms with Crippen LogP contribution in [0.15, 0.2) is 53.4 Å². The molecule has 2 aromatic carbocycles. The number of likely N-dealkylation sites (N-methyl/N-ethyl adjacent to an activating group) is 1. The Hall–Kier alpha value is -3.74. The van der Waals surface area contributed by atoms with Crippen molar-refractivity contribution in [3.05, 3.63) is 59.7 Å². The normalized spacial score (nSPS) is 14.8. The molecule has 2 heterocycles. The van der Waals surface area contributed by atoms with Crippen molar-refractivity contribution in [1.29, 1.82) is 0 Å². The Labute approximate surface area is 222 Å². The minimum atomic E-state index is -3.83. The van der Waals surface area contributed by atoms with E-state index < -0.39 is 21.8 Å². The fraction of sp³-hybridized carbons (Fsp3) is 0.346. The topological polar surface area (TPSA) is 140 Å². The summed E-state index contributed by atoms with van der Waals surface area (Å²) in [6, 6.07) is 13.3. The van der Waals surface area contributed by atoms with Gasteiger partial charge in [-0.15, -0.1) is 0 Å². The number of hydrogen-bond acceptors (Lipinski definition) is 7. The lowest BCUT2D eigenvalue weighted by Gasteiger charge is -2.31. The molecule has 0 spiro atoms. The van der Waals surface area contributed by atoms with Crippen LogP contribution in [0.25, 0.3) is 11.3 Å². The number of piperazine rings is 1. The van der Waals surface area contributed by atoms with E-state index in [0.29, 0.717) is 44.0 Å². The Morgan fingerprint density at radius 2 is 1.74 bits per heavy atom. The number of aromatic nitrogens is 2. The van der Waals surface area contributed by atoms with Crippen LogP contribution in [0.5, 0.6) is 5.75 Å². The molecule has 1 saturated heterocycles. The van der Waals surface area contributed by atoms with Gasteiger partial charge in [0, 0.05) is 38.3 Å². The highest BCUT2D eigenvalue weighted by Gasteiger charge is 2.30. The molecule has 202 valence electrons. The monoisotopic (exact) mass is 540 g/mol.